The lowest BCUT2D eigenvalue weighted by Gasteiger charge is -2.32. The minimum absolute atomic E-state index is 0.394. The van der Waals surface area contributed by atoms with E-state index in [0.29, 0.717) is 12.2 Å². The van der Waals surface area contributed by atoms with E-state index >= 15 is 0 Å². The summed E-state index contributed by atoms with van der Waals surface area (Å²) >= 11 is 1.11. The highest BCUT2D eigenvalue weighted by atomic mass is 32.2. The third kappa shape index (κ3) is 3.96. The lowest BCUT2D eigenvalue weighted by atomic mass is 9.77. The molecule has 5 nitrogen and oxygen atoms in total. The first-order valence-electron chi connectivity index (χ1n) is 7.86. The maximum absolute atomic E-state index is 8.85. The quantitative estimate of drug-likeness (QED) is 0.369. The van der Waals surface area contributed by atoms with Gasteiger partial charge in [-0.1, -0.05) is 6.08 Å². The summed E-state index contributed by atoms with van der Waals surface area (Å²) in [6.45, 7) is 8.74. The summed E-state index contributed by atoms with van der Waals surface area (Å²) in [5.74, 6) is 0. The van der Waals surface area contributed by atoms with Gasteiger partial charge in [-0.3, -0.25) is 0 Å². The maximum atomic E-state index is 8.85. The summed E-state index contributed by atoms with van der Waals surface area (Å²) in [6, 6.07) is 5.56. The molecule has 1 aromatic rings. The van der Waals surface area contributed by atoms with Crippen molar-refractivity contribution < 1.29 is 9.31 Å². The normalized spacial score (nSPS) is 19.3. The fraction of sp³-hybridized carbons (Fsp3) is 0.471. The van der Waals surface area contributed by atoms with E-state index in [1.807, 2.05) is 59.0 Å². The third-order valence-corrected chi connectivity index (χ3v) is 5.08. The number of benzene rings is 1. The summed E-state index contributed by atoms with van der Waals surface area (Å²) in [7, 11) is 1.44. The van der Waals surface area contributed by atoms with Gasteiger partial charge in [0.1, 0.15) is 5.40 Å². The molecule has 0 radical (unpaired) electrons. The van der Waals surface area contributed by atoms with Crippen molar-refractivity contribution in [1.82, 2.24) is 5.32 Å². The van der Waals surface area contributed by atoms with Crippen LogP contribution in [-0.4, -0.2) is 31.9 Å². The number of rotatable bonds is 5. The van der Waals surface area contributed by atoms with Gasteiger partial charge in [-0.15, -0.1) is 0 Å². The van der Waals surface area contributed by atoms with Crippen molar-refractivity contribution in [3.63, 3.8) is 0 Å². The molecule has 7 heteroatoms. The average molecular weight is 345 g/mol. The molecule has 128 valence electrons. The Hall–Kier alpha value is -1.46. The van der Waals surface area contributed by atoms with Crippen molar-refractivity contribution in [3.8, 4) is 5.40 Å². The zero-order chi connectivity index (χ0) is 18.0. The van der Waals surface area contributed by atoms with Gasteiger partial charge in [0.25, 0.3) is 0 Å². The van der Waals surface area contributed by atoms with Gasteiger partial charge in [-0.2, -0.15) is 5.26 Å². The zero-order valence-corrected chi connectivity index (χ0v) is 15.7. The van der Waals surface area contributed by atoms with Gasteiger partial charge in [0.2, 0.25) is 0 Å². The van der Waals surface area contributed by atoms with E-state index in [1.165, 1.54) is 0 Å². The Morgan fingerprint density at radius 1 is 1.33 bits per heavy atom. The number of nitrogens with one attached hydrogen (secondary N) is 1. The highest BCUT2D eigenvalue weighted by Crippen LogP contribution is 2.39. The first-order valence-corrected chi connectivity index (χ1v) is 8.68. The van der Waals surface area contributed by atoms with Crippen LogP contribution in [0.3, 0.4) is 0 Å². The molecule has 0 amide bonds. The average Bonchev–Trinajstić information content (AvgIpc) is 2.70. The largest absolute Gasteiger partial charge is 0.491 e. The highest BCUT2D eigenvalue weighted by molar-refractivity contribution is 8.03. The smallest absolute Gasteiger partial charge is 0.400 e. The lowest BCUT2D eigenvalue weighted by Crippen LogP contribution is -2.41. The number of hydrogen-bond acceptors (Lipinski definition) is 6. The van der Waals surface area contributed by atoms with Crippen LogP contribution >= 0.6 is 11.8 Å². The Kier molecular flexibility index (Phi) is 5.66. The summed E-state index contributed by atoms with van der Waals surface area (Å²) < 4.78 is 12.3. The molecule has 1 aliphatic heterocycles. The first kappa shape index (κ1) is 18.9. The fourth-order valence-electron chi connectivity index (χ4n) is 2.39. The van der Waals surface area contributed by atoms with Gasteiger partial charge in [0.15, 0.2) is 0 Å². The molecule has 0 bridgehead atoms. The van der Waals surface area contributed by atoms with Crippen molar-refractivity contribution >= 4 is 30.6 Å². The minimum Gasteiger partial charge on any atom is -0.400 e. The number of likely N-dealkylation sites (N-methyl/N-ethyl adjacent to an activating group) is 1. The van der Waals surface area contributed by atoms with Crippen LogP contribution in [0.25, 0.3) is 6.08 Å². The van der Waals surface area contributed by atoms with Gasteiger partial charge in [0.05, 0.1) is 11.2 Å². The molecule has 0 unspecified atom stereocenters. The molecule has 1 aliphatic rings. The number of thiocyanates is 1. The molecule has 1 fully saturated rings. The molecule has 3 N–H and O–H groups in total. The molecular formula is C17H24BN3O2S. The van der Waals surface area contributed by atoms with Gasteiger partial charge >= 0.3 is 7.12 Å². The molecule has 1 saturated heterocycles. The number of hydrogen-bond donors (Lipinski definition) is 2. The van der Waals surface area contributed by atoms with Crippen molar-refractivity contribution in [3.05, 3.63) is 29.2 Å². The van der Waals surface area contributed by atoms with Crippen LogP contribution in [0.1, 0.15) is 33.3 Å². The van der Waals surface area contributed by atoms with Gasteiger partial charge in [-0.05, 0) is 75.7 Å². The van der Waals surface area contributed by atoms with Crippen LogP contribution in [0.4, 0.5) is 5.69 Å². The van der Waals surface area contributed by atoms with Gasteiger partial charge < -0.3 is 20.4 Å². The van der Waals surface area contributed by atoms with E-state index < -0.39 is 18.3 Å². The predicted octanol–water partition coefficient (Wildman–Crippen LogP) is 3.08. The molecule has 0 atom stereocenters. The Bertz CT molecular complexity index is 667. The number of nitrogen functional groups attached to an aromatic ring is 1. The van der Waals surface area contributed by atoms with E-state index in [4.69, 9.17) is 20.3 Å². The van der Waals surface area contributed by atoms with E-state index in [2.05, 4.69) is 10.7 Å². The van der Waals surface area contributed by atoms with Crippen molar-refractivity contribution in [2.24, 2.45) is 0 Å². The molecule has 24 heavy (non-hydrogen) atoms. The van der Waals surface area contributed by atoms with Crippen LogP contribution in [0.5, 0.6) is 0 Å². The predicted molar refractivity (Wildman–Crippen MR) is 100 cm³/mol. The molecule has 0 aromatic heterocycles. The Balaban J connectivity index is 2.37. The first-order chi connectivity index (χ1) is 11.2. The molecular weight excluding hydrogens is 321 g/mol. The Morgan fingerprint density at radius 3 is 2.50 bits per heavy atom. The standard InChI is InChI=1S/C17H24BN3O2S/c1-16(2)17(3,4)23-18(22-16)13(10-21-5)8-12-9-14(24-11-19)6-7-15(12)20/h6-9,21H,10,20H2,1-5H3. The Morgan fingerprint density at radius 2 is 1.96 bits per heavy atom. The lowest BCUT2D eigenvalue weighted by molar-refractivity contribution is 0.00578. The van der Waals surface area contributed by atoms with Gasteiger partial charge in [0, 0.05) is 17.1 Å². The molecule has 0 spiro atoms. The number of nitriles is 1. The molecule has 0 saturated carbocycles. The van der Waals surface area contributed by atoms with Crippen molar-refractivity contribution in [2.45, 2.75) is 43.8 Å². The van der Waals surface area contributed by atoms with E-state index in [9.17, 15) is 0 Å². The molecule has 1 heterocycles. The number of nitrogens with zero attached hydrogens (tertiary/aromatic N) is 1. The van der Waals surface area contributed by atoms with Crippen LogP contribution in [-0.2, 0) is 9.31 Å². The Labute approximate surface area is 148 Å². The summed E-state index contributed by atoms with van der Waals surface area (Å²) in [6.07, 6.45) is 1.98. The van der Waals surface area contributed by atoms with Crippen molar-refractivity contribution in [1.29, 1.82) is 5.26 Å². The fourth-order valence-corrected chi connectivity index (χ4v) is 2.82. The second kappa shape index (κ2) is 7.20. The third-order valence-electron chi connectivity index (χ3n) is 4.50. The van der Waals surface area contributed by atoms with Crippen LogP contribution < -0.4 is 11.1 Å². The SMILES string of the molecule is CNCC(=Cc1cc(SC#N)ccc1N)B1OC(C)(C)C(C)(C)O1. The van der Waals surface area contributed by atoms with Crippen LogP contribution in [0.2, 0.25) is 0 Å². The highest BCUT2D eigenvalue weighted by Gasteiger charge is 2.52. The maximum Gasteiger partial charge on any atom is 0.491 e. The second-order valence-corrected chi connectivity index (χ2v) is 7.68. The summed E-state index contributed by atoms with van der Waals surface area (Å²) in [4.78, 5) is 0.857. The second-order valence-electron chi connectivity index (χ2n) is 6.82. The summed E-state index contributed by atoms with van der Waals surface area (Å²) in [5, 5.41) is 14.1. The number of nitrogens with two attached hydrogens (primary N) is 1. The number of thioether (sulfide) groups is 1. The van der Waals surface area contributed by atoms with E-state index in [1.54, 1.807) is 0 Å². The molecule has 1 aromatic carbocycles. The van der Waals surface area contributed by atoms with Crippen LogP contribution in [0, 0.1) is 10.7 Å². The zero-order valence-electron chi connectivity index (χ0n) is 14.8. The molecule has 0 aliphatic carbocycles. The minimum atomic E-state index is -0.436. The van der Waals surface area contributed by atoms with Gasteiger partial charge in [-0.25, -0.2) is 0 Å². The van der Waals surface area contributed by atoms with Crippen LogP contribution in [0.15, 0.2) is 28.6 Å². The van der Waals surface area contributed by atoms with Crippen molar-refractivity contribution in [2.75, 3.05) is 19.3 Å². The molecule has 2 rings (SSSR count). The monoisotopic (exact) mass is 345 g/mol. The van der Waals surface area contributed by atoms with E-state index in [0.717, 1.165) is 27.7 Å². The topological polar surface area (TPSA) is 80.3 Å². The van der Waals surface area contributed by atoms with E-state index in [-0.39, 0.29) is 0 Å². The number of anilines is 1. The summed E-state index contributed by atoms with van der Waals surface area (Å²) in [5.41, 5.74) is 7.78.